The number of hydrogen-bond acceptors (Lipinski definition) is 6. The van der Waals surface area contributed by atoms with Crippen LogP contribution in [-0.4, -0.2) is 73.5 Å². The molecule has 4 rings (SSSR count). The van der Waals surface area contributed by atoms with Crippen LogP contribution in [0.4, 0.5) is 26.3 Å². The maximum absolute atomic E-state index is 14.5. The first kappa shape index (κ1) is 34.1. The second-order valence-corrected chi connectivity index (χ2v) is 10.8. The standard InChI is InChI=1S/C26H31F6N7O3.ClH/c1-13(2)22(33)24(42)38-5-3-4-19(38)23(41)34-15(8-14-9-17(28)18(29)11-16(14)27)10-21(40)37-6-7-39-20(12-37)35-36-25(39)26(30,31)32;/h9,11,13,15,19,22H,3-8,10,12,33H2,1-2H3,(H,34,41);1H/t15-,19?,22?;/m1./s1. The summed E-state index contributed by atoms with van der Waals surface area (Å²) in [6, 6.07) is -1.91. The van der Waals surface area contributed by atoms with Crippen molar-refractivity contribution in [2.75, 3.05) is 13.1 Å². The van der Waals surface area contributed by atoms with Crippen LogP contribution in [0.3, 0.4) is 0 Å². The van der Waals surface area contributed by atoms with E-state index in [1.807, 2.05) is 0 Å². The predicted molar refractivity (Wildman–Crippen MR) is 142 cm³/mol. The van der Waals surface area contributed by atoms with Gasteiger partial charge >= 0.3 is 6.18 Å². The van der Waals surface area contributed by atoms with Gasteiger partial charge in [0.05, 0.1) is 12.6 Å². The molecule has 1 saturated heterocycles. The van der Waals surface area contributed by atoms with E-state index in [1.165, 1.54) is 9.80 Å². The van der Waals surface area contributed by atoms with Crippen molar-refractivity contribution in [3.63, 3.8) is 0 Å². The van der Waals surface area contributed by atoms with Crippen molar-refractivity contribution < 1.29 is 40.7 Å². The van der Waals surface area contributed by atoms with Crippen molar-refractivity contribution in [3.05, 3.63) is 46.8 Å². The molecule has 2 aliphatic rings. The highest BCUT2D eigenvalue weighted by Gasteiger charge is 2.41. The first-order chi connectivity index (χ1) is 19.7. The number of likely N-dealkylation sites (tertiary alicyclic amines) is 1. The molecule has 0 bridgehead atoms. The summed E-state index contributed by atoms with van der Waals surface area (Å²) in [4.78, 5) is 42.1. The van der Waals surface area contributed by atoms with Gasteiger partial charge in [-0.2, -0.15) is 13.2 Å². The molecular weight excluding hydrogens is 608 g/mol. The number of carbonyl (C=O) groups excluding carboxylic acids is 3. The number of fused-ring (bicyclic) bond motifs is 1. The van der Waals surface area contributed by atoms with Gasteiger partial charge in [0.2, 0.25) is 23.5 Å². The Morgan fingerprint density at radius 3 is 2.37 bits per heavy atom. The average molecular weight is 640 g/mol. The molecule has 2 aromatic rings. The lowest BCUT2D eigenvalue weighted by molar-refractivity contribution is -0.148. The van der Waals surface area contributed by atoms with Crippen molar-refractivity contribution in [1.29, 1.82) is 0 Å². The summed E-state index contributed by atoms with van der Waals surface area (Å²) in [5.41, 5.74) is 5.70. The number of halogens is 7. The first-order valence-corrected chi connectivity index (χ1v) is 13.4. The number of carbonyl (C=O) groups is 3. The fraction of sp³-hybridized carbons (Fsp3) is 0.577. The van der Waals surface area contributed by atoms with Crippen LogP contribution in [0.5, 0.6) is 0 Å². The predicted octanol–water partition coefficient (Wildman–Crippen LogP) is 2.57. The minimum Gasteiger partial charge on any atom is -0.351 e. The van der Waals surface area contributed by atoms with Crippen LogP contribution in [0.15, 0.2) is 12.1 Å². The number of aromatic nitrogens is 3. The van der Waals surface area contributed by atoms with E-state index in [1.54, 1.807) is 13.8 Å². The lowest BCUT2D eigenvalue weighted by Crippen LogP contribution is -2.54. The van der Waals surface area contributed by atoms with Gasteiger partial charge in [-0.05, 0) is 36.8 Å². The number of nitrogens with two attached hydrogens (primary N) is 1. The maximum atomic E-state index is 14.5. The van der Waals surface area contributed by atoms with Crippen molar-refractivity contribution in [1.82, 2.24) is 29.9 Å². The Morgan fingerprint density at radius 2 is 1.72 bits per heavy atom. The highest BCUT2D eigenvalue weighted by molar-refractivity contribution is 5.91. The molecule has 238 valence electrons. The lowest BCUT2D eigenvalue weighted by Gasteiger charge is -2.31. The monoisotopic (exact) mass is 639 g/mol. The van der Waals surface area contributed by atoms with Crippen LogP contribution in [0.25, 0.3) is 0 Å². The van der Waals surface area contributed by atoms with Crippen LogP contribution in [-0.2, 0) is 40.1 Å². The van der Waals surface area contributed by atoms with E-state index in [0.29, 0.717) is 25.0 Å². The van der Waals surface area contributed by atoms with Gasteiger partial charge in [-0.25, -0.2) is 13.2 Å². The third-order valence-electron chi connectivity index (χ3n) is 7.52. The highest BCUT2D eigenvalue weighted by atomic mass is 35.5. The fourth-order valence-corrected chi connectivity index (χ4v) is 5.16. The number of nitrogens with one attached hydrogen (secondary N) is 1. The van der Waals surface area contributed by atoms with Gasteiger partial charge in [0.1, 0.15) is 11.9 Å². The Balaban J connectivity index is 0.00000506. The molecule has 1 fully saturated rings. The number of rotatable bonds is 8. The van der Waals surface area contributed by atoms with Gasteiger partial charge in [-0.15, -0.1) is 22.6 Å². The summed E-state index contributed by atoms with van der Waals surface area (Å²) < 4.78 is 82.4. The molecule has 3 heterocycles. The number of hydrogen-bond donors (Lipinski definition) is 2. The molecule has 2 unspecified atom stereocenters. The summed E-state index contributed by atoms with van der Waals surface area (Å²) in [7, 11) is 0. The SMILES string of the molecule is CC(C)C(N)C(=O)N1CCCC1C(=O)N[C@@H](CC(=O)N1CCn2c(nnc2C(F)(F)F)C1)Cc1cc(F)c(F)cc1F.Cl. The summed E-state index contributed by atoms with van der Waals surface area (Å²) in [6.45, 7) is 3.17. The Labute approximate surface area is 249 Å². The molecule has 2 aliphatic heterocycles. The smallest absolute Gasteiger partial charge is 0.351 e. The van der Waals surface area contributed by atoms with Crippen molar-refractivity contribution in [2.45, 2.75) is 76.9 Å². The maximum Gasteiger partial charge on any atom is 0.451 e. The Bertz CT molecular complexity index is 1360. The van der Waals surface area contributed by atoms with Crippen LogP contribution in [0, 0.1) is 23.4 Å². The van der Waals surface area contributed by atoms with Gasteiger partial charge in [0.15, 0.2) is 17.5 Å². The minimum atomic E-state index is -4.73. The molecule has 0 spiro atoms. The number of amides is 3. The normalized spacial score (nSPS) is 18.2. The van der Waals surface area contributed by atoms with E-state index in [9.17, 15) is 40.7 Å². The minimum absolute atomic E-state index is 0. The van der Waals surface area contributed by atoms with Crippen LogP contribution < -0.4 is 11.1 Å². The molecule has 3 N–H and O–H groups in total. The zero-order chi connectivity index (χ0) is 30.9. The van der Waals surface area contributed by atoms with E-state index in [4.69, 9.17) is 5.73 Å². The average Bonchev–Trinajstić information content (AvgIpc) is 3.58. The number of nitrogens with zero attached hydrogens (tertiary/aromatic N) is 5. The molecule has 17 heteroatoms. The summed E-state index contributed by atoms with van der Waals surface area (Å²) in [5, 5.41) is 9.36. The fourth-order valence-electron chi connectivity index (χ4n) is 5.16. The second kappa shape index (κ2) is 13.5. The molecule has 1 aromatic heterocycles. The molecule has 3 atom stereocenters. The molecule has 43 heavy (non-hydrogen) atoms. The molecular formula is C26H32ClF6N7O3. The Hall–Kier alpha value is -3.40. The zero-order valence-corrected chi connectivity index (χ0v) is 24.2. The van der Waals surface area contributed by atoms with Crippen molar-refractivity contribution in [2.24, 2.45) is 11.7 Å². The number of benzene rings is 1. The molecule has 10 nitrogen and oxygen atoms in total. The largest absolute Gasteiger partial charge is 0.451 e. The van der Waals surface area contributed by atoms with Gasteiger partial charge in [0.25, 0.3) is 0 Å². The van der Waals surface area contributed by atoms with Crippen molar-refractivity contribution in [3.8, 4) is 0 Å². The van der Waals surface area contributed by atoms with E-state index in [-0.39, 0.29) is 55.9 Å². The highest BCUT2D eigenvalue weighted by Crippen LogP contribution is 2.30. The van der Waals surface area contributed by atoms with E-state index in [2.05, 4.69) is 15.5 Å². The van der Waals surface area contributed by atoms with Crippen LogP contribution in [0.1, 0.15) is 50.3 Å². The molecule has 1 aromatic carbocycles. The van der Waals surface area contributed by atoms with Crippen LogP contribution in [0.2, 0.25) is 0 Å². The molecule has 0 saturated carbocycles. The Morgan fingerprint density at radius 1 is 1.05 bits per heavy atom. The van der Waals surface area contributed by atoms with E-state index in [0.717, 1.165) is 4.57 Å². The topological polar surface area (TPSA) is 126 Å². The summed E-state index contributed by atoms with van der Waals surface area (Å²) in [6.07, 6.45) is -4.75. The van der Waals surface area contributed by atoms with Gasteiger partial charge in [-0.3, -0.25) is 14.4 Å². The molecule has 3 amide bonds. The Kier molecular flexibility index (Phi) is 10.7. The number of alkyl halides is 3. The lowest BCUT2D eigenvalue weighted by atomic mass is 10.0. The van der Waals surface area contributed by atoms with Gasteiger partial charge in [0, 0.05) is 38.2 Å². The van der Waals surface area contributed by atoms with Gasteiger partial charge < -0.3 is 25.4 Å². The first-order valence-electron chi connectivity index (χ1n) is 13.4. The van der Waals surface area contributed by atoms with Gasteiger partial charge in [-0.1, -0.05) is 13.8 Å². The molecule has 0 radical (unpaired) electrons. The summed E-state index contributed by atoms with van der Waals surface area (Å²) in [5.74, 6) is -6.94. The van der Waals surface area contributed by atoms with Crippen molar-refractivity contribution >= 4 is 30.1 Å². The zero-order valence-electron chi connectivity index (χ0n) is 23.3. The van der Waals surface area contributed by atoms with E-state index < -0.39 is 78.1 Å². The third kappa shape index (κ3) is 7.58. The third-order valence-corrected chi connectivity index (χ3v) is 7.52. The second-order valence-electron chi connectivity index (χ2n) is 10.8. The molecule has 0 aliphatic carbocycles. The quantitative estimate of drug-likeness (QED) is 0.338. The summed E-state index contributed by atoms with van der Waals surface area (Å²) >= 11 is 0. The van der Waals surface area contributed by atoms with Crippen LogP contribution >= 0.6 is 12.4 Å². The van der Waals surface area contributed by atoms with E-state index >= 15 is 0 Å².